The van der Waals surface area contributed by atoms with Gasteiger partial charge in [0, 0.05) is 44.7 Å². The quantitative estimate of drug-likeness (QED) is 0.827. The van der Waals surface area contributed by atoms with E-state index < -0.39 is 0 Å². The monoisotopic (exact) mass is 332 g/mol. The van der Waals surface area contributed by atoms with Crippen LogP contribution in [0.1, 0.15) is 31.2 Å². The van der Waals surface area contributed by atoms with E-state index in [0.29, 0.717) is 12.6 Å². The van der Waals surface area contributed by atoms with Crippen molar-refractivity contribution in [2.75, 3.05) is 32.9 Å². The molecule has 0 radical (unpaired) electrons. The Morgan fingerprint density at radius 3 is 2.75 bits per heavy atom. The second-order valence-electron chi connectivity index (χ2n) is 7.24. The van der Waals surface area contributed by atoms with Gasteiger partial charge in [-0.05, 0) is 49.3 Å². The second-order valence-corrected chi connectivity index (χ2v) is 7.24. The van der Waals surface area contributed by atoms with Crippen LogP contribution in [0, 0.1) is 5.92 Å². The zero-order chi connectivity index (χ0) is 16.2. The molecule has 1 aromatic heterocycles. The molecule has 24 heavy (non-hydrogen) atoms. The molecule has 4 rings (SSSR count). The Morgan fingerprint density at radius 2 is 1.92 bits per heavy atom. The summed E-state index contributed by atoms with van der Waals surface area (Å²) in [7, 11) is 0. The number of hydrogen-bond donors (Lipinski definition) is 0. The van der Waals surface area contributed by atoms with Crippen LogP contribution >= 0.6 is 0 Å². The fourth-order valence-corrected chi connectivity index (χ4v) is 4.34. The number of fused-ring (bicyclic) bond motifs is 1. The first-order valence-corrected chi connectivity index (χ1v) is 9.34. The van der Waals surface area contributed by atoms with Crippen molar-refractivity contribution in [3.63, 3.8) is 0 Å². The Morgan fingerprint density at radius 1 is 1.08 bits per heavy atom. The third kappa shape index (κ3) is 3.80. The summed E-state index contributed by atoms with van der Waals surface area (Å²) in [5, 5.41) is 0. The molecule has 3 heterocycles. The van der Waals surface area contributed by atoms with Gasteiger partial charge in [0.15, 0.2) is 0 Å². The van der Waals surface area contributed by atoms with Crippen LogP contribution in [0.3, 0.4) is 0 Å². The lowest BCUT2D eigenvalue weighted by molar-refractivity contribution is -0.120. The molecule has 0 aromatic carbocycles. The number of ether oxygens (including phenoxy) is 3. The van der Waals surface area contributed by atoms with Crippen molar-refractivity contribution >= 4 is 0 Å². The van der Waals surface area contributed by atoms with Crippen LogP contribution in [0.4, 0.5) is 0 Å². The van der Waals surface area contributed by atoms with Gasteiger partial charge in [-0.2, -0.15) is 0 Å². The molecule has 3 fully saturated rings. The molecule has 2 saturated heterocycles. The van der Waals surface area contributed by atoms with Gasteiger partial charge in [0.05, 0.1) is 25.4 Å². The van der Waals surface area contributed by atoms with E-state index in [-0.39, 0.29) is 12.2 Å². The minimum absolute atomic E-state index is 0.223. The SMILES string of the molecule is c1cc(CO[C@@H]2CC[C@H]3[C@H]2OCCN3CC2CCOCC2)ccn1. The Labute approximate surface area is 144 Å². The third-order valence-corrected chi connectivity index (χ3v) is 5.70. The van der Waals surface area contributed by atoms with Crippen LogP contribution in [-0.2, 0) is 20.8 Å². The second kappa shape index (κ2) is 7.91. The molecule has 0 bridgehead atoms. The zero-order valence-corrected chi connectivity index (χ0v) is 14.3. The summed E-state index contributed by atoms with van der Waals surface area (Å²) in [4.78, 5) is 6.73. The summed E-state index contributed by atoms with van der Waals surface area (Å²) < 4.78 is 17.8. The Bertz CT molecular complexity index is 507. The lowest BCUT2D eigenvalue weighted by atomic mass is 9.98. The topological polar surface area (TPSA) is 43.8 Å². The molecule has 0 unspecified atom stereocenters. The van der Waals surface area contributed by atoms with Gasteiger partial charge in [-0.1, -0.05) is 0 Å². The van der Waals surface area contributed by atoms with E-state index in [4.69, 9.17) is 14.2 Å². The van der Waals surface area contributed by atoms with Gasteiger partial charge in [0.2, 0.25) is 0 Å². The first-order valence-electron chi connectivity index (χ1n) is 9.34. The number of morpholine rings is 1. The molecule has 1 aliphatic carbocycles. The molecule has 5 heteroatoms. The van der Waals surface area contributed by atoms with Crippen molar-refractivity contribution in [2.45, 2.75) is 50.5 Å². The first-order chi connectivity index (χ1) is 11.9. The largest absolute Gasteiger partial charge is 0.381 e. The Balaban J connectivity index is 1.32. The van der Waals surface area contributed by atoms with E-state index in [2.05, 4.69) is 9.88 Å². The molecule has 0 spiro atoms. The van der Waals surface area contributed by atoms with Crippen LogP contribution in [0.25, 0.3) is 0 Å². The number of pyridine rings is 1. The Kier molecular flexibility index (Phi) is 5.43. The molecule has 0 N–H and O–H groups in total. The van der Waals surface area contributed by atoms with Gasteiger partial charge in [0.1, 0.15) is 0 Å². The fourth-order valence-electron chi connectivity index (χ4n) is 4.34. The lowest BCUT2D eigenvalue weighted by Crippen LogP contribution is -2.53. The average molecular weight is 332 g/mol. The predicted molar refractivity (Wildman–Crippen MR) is 90.7 cm³/mol. The van der Waals surface area contributed by atoms with Crippen molar-refractivity contribution in [3.8, 4) is 0 Å². The summed E-state index contributed by atoms with van der Waals surface area (Å²) in [5.41, 5.74) is 1.18. The van der Waals surface area contributed by atoms with Gasteiger partial charge in [0.25, 0.3) is 0 Å². The maximum atomic E-state index is 6.20. The van der Waals surface area contributed by atoms with Gasteiger partial charge < -0.3 is 14.2 Å². The molecule has 3 atom stereocenters. The van der Waals surface area contributed by atoms with E-state index >= 15 is 0 Å². The van der Waals surface area contributed by atoms with Crippen molar-refractivity contribution in [2.24, 2.45) is 5.92 Å². The van der Waals surface area contributed by atoms with E-state index in [1.54, 1.807) is 0 Å². The molecule has 132 valence electrons. The highest BCUT2D eigenvalue weighted by atomic mass is 16.5. The van der Waals surface area contributed by atoms with Gasteiger partial charge >= 0.3 is 0 Å². The summed E-state index contributed by atoms with van der Waals surface area (Å²) >= 11 is 0. The summed E-state index contributed by atoms with van der Waals surface area (Å²) in [6.07, 6.45) is 8.81. The van der Waals surface area contributed by atoms with E-state index in [0.717, 1.165) is 38.7 Å². The number of aromatic nitrogens is 1. The number of nitrogens with zero attached hydrogens (tertiary/aromatic N) is 2. The maximum Gasteiger partial charge on any atom is 0.0992 e. The first kappa shape index (κ1) is 16.5. The van der Waals surface area contributed by atoms with Crippen molar-refractivity contribution in [1.82, 2.24) is 9.88 Å². The van der Waals surface area contributed by atoms with Crippen LogP contribution in [-0.4, -0.2) is 61.0 Å². The molecule has 3 aliphatic rings. The minimum atomic E-state index is 0.223. The smallest absolute Gasteiger partial charge is 0.0992 e. The molecule has 1 aromatic rings. The van der Waals surface area contributed by atoms with Crippen LogP contribution in [0.5, 0.6) is 0 Å². The van der Waals surface area contributed by atoms with Gasteiger partial charge in [-0.3, -0.25) is 9.88 Å². The summed E-state index contributed by atoms with van der Waals surface area (Å²) in [5.74, 6) is 0.786. The molecular formula is C19H28N2O3. The Hall–Kier alpha value is -1.01. The predicted octanol–water partition coefficient (Wildman–Crippen LogP) is 2.26. The molecular weight excluding hydrogens is 304 g/mol. The van der Waals surface area contributed by atoms with E-state index in [1.165, 1.54) is 31.4 Å². The number of rotatable bonds is 5. The zero-order valence-electron chi connectivity index (χ0n) is 14.3. The molecule has 1 saturated carbocycles. The highest BCUT2D eigenvalue weighted by Crippen LogP contribution is 2.33. The highest BCUT2D eigenvalue weighted by molar-refractivity contribution is 5.08. The van der Waals surface area contributed by atoms with E-state index in [1.807, 2.05) is 24.5 Å². The lowest BCUT2D eigenvalue weighted by Gasteiger charge is -2.41. The van der Waals surface area contributed by atoms with Crippen LogP contribution in [0.15, 0.2) is 24.5 Å². The third-order valence-electron chi connectivity index (χ3n) is 5.70. The van der Waals surface area contributed by atoms with Gasteiger partial charge in [-0.25, -0.2) is 0 Å². The molecule has 0 amide bonds. The molecule has 5 nitrogen and oxygen atoms in total. The van der Waals surface area contributed by atoms with E-state index in [9.17, 15) is 0 Å². The standard InChI is InChI=1S/C19H28N2O3/c1-2-18(24-14-16-3-7-20-8-4-16)19-17(1)21(9-12-23-19)13-15-5-10-22-11-6-15/h3-4,7-8,15,17-19H,1-2,5-6,9-14H2/t17-,18+,19+/m0/s1. The summed E-state index contributed by atoms with van der Waals surface area (Å²) in [6.45, 7) is 5.61. The van der Waals surface area contributed by atoms with Crippen LogP contribution < -0.4 is 0 Å². The average Bonchev–Trinajstić information content (AvgIpc) is 3.06. The van der Waals surface area contributed by atoms with Crippen molar-refractivity contribution in [1.29, 1.82) is 0 Å². The fraction of sp³-hybridized carbons (Fsp3) is 0.737. The molecule has 2 aliphatic heterocycles. The normalized spacial score (nSPS) is 31.9. The maximum absolute atomic E-state index is 6.20. The van der Waals surface area contributed by atoms with Crippen molar-refractivity contribution < 1.29 is 14.2 Å². The summed E-state index contributed by atoms with van der Waals surface area (Å²) in [6, 6.07) is 4.57. The van der Waals surface area contributed by atoms with Gasteiger partial charge in [-0.15, -0.1) is 0 Å². The van der Waals surface area contributed by atoms with Crippen LogP contribution in [0.2, 0.25) is 0 Å². The minimum Gasteiger partial charge on any atom is -0.381 e. The number of hydrogen-bond acceptors (Lipinski definition) is 5. The highest BCUT2D eigenvalue weighted by Gasteiger charge is 2.43. The van der Waals surface area contributed by atoms with Crippen molar-refractivity contribution in [3.05, 3.63) is 30.1 Å².